The van der Waals surface area contributed by atoms with E-state index < -0.39 is 30.7 Å². The summed E-state index contributed by atoms with van der Waals surface area (Å²) in [6, 6.07) is 0. The van der Waals surface area contributed by atoms with Gasteiger partial charge in [0.05, 0.1) is 13.2 Å². The zero-order chi connectivity index (χ0) is 15.3. The van der Waals surface area contributed by atoms with E-state index in [1.807, 2.05) is 0 Å². The van der Waals surface area contributed by atoms with Crippen molar-refractivity contribution in [1.82, 2.24) is 0 Å². The molecule has 0 aromatic rings. The van der Waals surface area contributed by atoms with Crippen molar-refractivity contribution in [2.45, 2.75) is 45.9 Å². The third-order valence-electron chi connectivity index (χ3n) is 1.86. The standard InChI is InChI=1S/C11H23N2O5P/c1-6-16-19(15,17-7-2)8(9(12)13)10(14)18-11(3,4)5/h8H,6-7H2,1-5H3,(H3,12,13). The predicted molar refractivity (Wildman–Crippen MR) is 72.4 cm³/mol. The van der Waals surface area contributed by atoms with Crippen molar-refractivity contribution < 1.29 is 23.1 Å². The van der Waals surface area contributed by atoms with Gasteiger partial charge in [0.15, 0.2) is 0 Å². The number of amidine groups is 1. The number of rotatable bonds is 7. The molecule has 1 atom stereocenters. The highest BCUT2D eigenvalue weighted by Gasteiger charge is 2.45. The Morgan fingerprint density at radius 3 is 1.95 bits per heavy atom. The summed E-state index contributed by atoms with van der Waals surface area (Å²) >= 11 is 0. The number of carbonyl (C=O) groups excluding carboxylic acids is 1. The second-order valence-electron chi connectivity index (χ2n) is 4.77. The SMILES string of the molecule is CCOP(=O)(OCC)C(C(=N)N)C(=O)OC(C)(C)C. The van der Waals surface area contributed by atoms with Gasteiger partial charge in [-0.3, -0.25) is 14.8 Å². The highest BCUT2D eigenvalue weighted by Crippen LogP contribution is 2.53. The first-order valence-corrected chi connectivity index (χ1v) is 7.64. The second kappa shape index (κ2) is 7.03. The number of carbonyl (C=O) groups is 1. The Labute approximate surface area is 113 Å². The van der Waals surface area contributed by atoms with Gasteiger partial charge >= 0.3 is 13.6 Å². The van der Waals surface area contributed by atoms with Gasteiger partial charge in [-0.15, -0.1) is 0 Å². The van der Waals surface area contributed by atoms with E-state index in [0.717, 1.165) is 0 Å². The maximum absolute atomic E-state index is 12.5. The van der Waals surface area contributed by atoms with Crippen LogP contribution in [0.4, 0.5) is 0 Å². The summed E-state index contributed by atoms with van der Waals surface area (Å²) in [5.41, 5.74) is 3.03. The molecular weight excluding hydrogens is 271 g/mol. The summed E-state index contributed by atoms with van der Waals surface area (Å²) in [4.78, 5) is 12.0. The summed E-state index contributed by atoms with van der Waals surface area (Å²) in [5, 5.41) is 7.45. The second-order valence-corrected chi connectivity index (χ2v) is 6.88. The summed E-state index contributed by atoms with van der Waals surface area (Å²) in [6.45, 7) is 8.35. The van der Waals surface area contributed by atoms with Crippen molar-refractivity contribution in [3.63, 3.8) is 0 Å². The molecule has 0 aromatic heterocycles. The molecule has 0 aromatic carbocycles. The normalized spacial score (nSPS) is 13.9. The van der Waals surface area contributed by atoms with Gasteiger partial charge in [0.2, 0.25) is 5.66 Å². The maximum atomic E-state index is 12.5. The first-order valence-electron chi connectivity index (χ1n) is 6.03. The van der Waals surface area contributed by atoms with Gasteiger partial charge in [0.1, 0.15) is 11.4 Å². The topological polar surface area (TPSA) is 112 Å². The molecule has 0 heterocycles. The Hall–Kier alpha value is -0.910. The molecule has 112 valence electrons. The monoisotopic (exact) mass is 294 g/mol. The quantitative estimate of drug-likeness (QED) is 0.321. The third-order valence-corrected chi connectivity index (χ3v) is 4.22. The fourth-order valence-electron chi connectivity index (χ4n) is 1.33. The molecule has 0 aliphatic heterocycles. The van der Waals surface area contributed by atoms with Gasteiger partial charge in [-0.2, -0.15) is 0 Å². The van der Waals surface area contributed by atoms with E-state index in [-0.39, 0.29) is 13.2 Å². The van der Waals surface area contributed by atoms with Crippen LogP contribution >= 0.6 is 7.60 Å². The molecule has 0 aliphatic carbocycles. The van der Waals surface area contributed by atoms with Gasteiger partial charge in [-0.25, -0.2) is 0 Å². The van der Waals surface area contributed by atoms with E-state index >= 15 is 0 Å². The predicted octanol–water partition coefficient (Wildman–Crippen LogP) is 1.90. The van der Waals surface area contributed by atoms with E-state index in [9.17, 15) is 9.36 Å². The fraction of sp³-hybridized carbons (Fsp3) is 0.818. The largest absolute Gasteiger partial charge is 0.459 e. The van der Waals surface area contributed by atoms with Crippen molar-refractivity contribution >= 4 is 19.4 Å². The first-order chi connectivity index (χ1) is 8.57. The molecule has 0 spiro atoms. The molecule has 0 amide bonds. The zero-order valence-corrected chi connectivity index (χ0v) is 13.0. The van der Waals surface area contributed by atoms with Crippen LogP contribution in [0.2, 0.25) is 0 Å². The van der Waals surface area contributed by atoms with E-state index in [1.165, 1.54) is 0 Å². The number of esters is 1. The number of ether oxygens (including phenoxy) is 1. The van der Waals surface area contributed by atoms with Crippen molar-refractivity contribution in [1.29, 1.82) is 5.41 Å². The molecule has 8 heteroatoms. The van der Waals surface area contributed by atoms with E-state index in [1.54, 1.807) is 34.6 Å². The Morgan fingerprint density at radius 2 is 1.68 bits per heavy atom. The summed E-state index contributed by atoms with van der Waals surface area (Å²) in [5.74, 6) is -1.48. The van der Waals surface area contributed by atoms with Crippen molar-refractivity contribution in [3.8, 4) is 0 Å². The lowest BCUT2D eigenvalue weighted by Crippen LogP contribution is -2.40. The molecule has 0 aliphatic rings. The van der Waals surface area contributed by atoms with Gasteiger partial charge in [0.25, 0.3) is 0 Å². The van der Waals surface area contributed by atoms with Crippen LogP contribution in [-0.4, -0.2) is 36.3 Å². The minimum absolute atomic E-state index is 0.0733. The number of nitrogens with two attached hydrogens (primary N) is 1. The van der Waals surface area contributed by atoms with Crippen LogP contribution in [0.3, 0.4) is 0 Å². The lowest BCUT2D eigenvalue weighted by molar-refractivity contribution is -0.153. The fourth-order valence-corrected chi connectivity index (χ4v) is 3.07. The van der Waals surface area contributed by atoms with Crippen LogP contribution in [0.5, 0.6) is 0 Å². The average molecular weight is 294 g/mol. The molecular formula is C11H23N2O5P. The third kappa shape index (κ3) is 5.72. The molecule has 3 N–H and O–H groups in total. The average Bonchev–Trinajstić information content (AvgIpc) is 2.13. The van der Waals surface area contributed by atoms with Gasteiger partial charge in [0, 0.05) is 0 Å². The summed E-state index contributed by atoms with van der Waals surface area (Å²) in [7, 11) is -3.85. The highest BCUT2D eigenvalue weighted by atomic mass is 31.2. The van der Waals surface area contributed by atoms with Crippen LogP contribution in [0, 0.1) is 5.41 Å². The highest BCUT2D eigenvalue weighted by molar-refractivity contribution is 7.57. The number of hydrogen-bond acceptors (Lipinski definition) is 6. The van der Waals surface area contributed by atoms with Crippen molar-refractivity contribution in [3.05, 3.63) is 0 Å². The lowest BCUT2D eigenvalue weighted by atomic mass is 10.2. The molecule has 0 saturated carbocycles. The Kier molecular flexibility index (Phi) is 6.69. The molecule has 0 fully saturated rings. The molecule has 0 saturated heterocycles. The molecule has 1 unspecified atom stereocenters. The number of hydrogen-bond donors (Lipinski definition) is 2. The Morgan fingerprint density at radius 1 is 1.26 bits per heavy atom. The maximum Gasteiger partial charge on any atom is 0.352 e. The Balaban J connectivity index is 5.33. The molecule has 19 heavy (non-hydrogen) atoms. The van der Waals surface area contributed by atoms with Crippen molar-refractivity contribution in [2.24, 2.45) is 5.73 Å². The number of nitrogens with one attached hydrogen (secondary N) is 1. The van der Waals surface area contributed by atoms with Gasteiger partial charge in [-0.05, 0) is 34.6 Å². The minimum atomic E-state index is -3.85. The smallest absolute Gasteiger partial charge is 0.352 e. The van der Waals surface area contributed by atoms with Crippen LogP contribution in [0.15, 0.2) is 0 Å². The van der Waals surface area contributed by atoms with Crippen LogP contribution in [-0.2, 0) is 23.1 Å². The Bertz CT molecular complexity index is 368. The van der Waals surface area contributed by atoms with E-state index in [4.69, 9.17) is 24.9 Å². The molecule has 0 bridgehead atoms. The molecule has 0 radical (unpaired) electrons. The van der Waals surface area contributed by atoms with Gasteiger partial charge in [-0.1, -0.05) is 0 Å². The molecule has 0 rings (SSSR count). The summed E-state index contributed by atoms with van der Waals surface area (Å²) < 4.78 is 27.7. The van der Waals surface area contributed by atoms with Crippen molar-refractivity contribution in [2.75, 3.05) is 13.2 Å². The van der Waals surface area contributed by atoms with E-state index in [2.05, 4.69) is 0 Å². The van der Waals surface area contributed by atoms with Crippen LogP contribution in [0.25, 0.3) is 0 Å². The van der Waals surface area contributed by atoms with E-state index in [0.29, 0.717) is 0 Å². The first kappa shape index (κ1) is 18.1. The summed E-state index contributed by atoms with van der Waals surface area (Å²) in [6.07, 6.45) is 0. The zero-order valence-electron chi connectivity index (χ0n) is 12.1. The molecule has 7 nitrogen and oxygen atoms in total. The lowest BCUT2D eigenvalue weighted by Gasteiger charge is -2.27. The van der Waals surface area contributed by atoms with Gasteiger partial charge < -0.3 is 19.5 Å². The van der Waals surface area contributed by atoms with Crippen LogP contribution in [0.1, 0.15) is 34.6 Å². The minimum Gasteiger partial charge on any atom is -0.459 e. The van der Waals surface area contributed by atoms with Crippen LogP contribution < -0.4 is 5.73 Å².